The quantitative estimate of drug-likeness (QED) is 0.815. The van der Waals surface area contributed by atoms with E-state index < -0.39 is 0 Å². The van der Waals surface area contributed by atoms with Crippen LogP contribution in [0.25, 0.3) is 0 Å². The molecule has 2 aromatic rings. The van der Waals surface area contributed by atoms with Crippen LogP contribution >= 0.6 is 11.6 Å². The molecule has 134 valence electrons. The number of nitrogens with one attached hydrogen (secondary N) is 1. The van der Waals surface area contributed by atoms with E-state index in [1.165, 1.54) is 0 Å². The molecule has 1 aromatic heterocycles. The van der Waals surface area contributed by atoms with Gasteiger partial charge in [-0.3, -0.25) is 0 Å². The van der Waals surface area contributed by atoms with Gasteiger partial charge in [0.2, 0.25) is 0 Å². The van der Waals surface area contributed by atoms with Crippen LogP contribution in [-0.2, 0) is 5.41 Å². The van der Waals surface area contributed by atoms with Crippen molar-refractivity contribution >= 4 is 23.3 Å². The van der Waals surface area contributed by atoms with Crippen molar-refractivity contribution in [1.82, 2.24) is 9.88 Å². The Morgan fingerprint density at radius 1 is 1.24 bits per heavy atom. The number of likely N-dealkylation sites (tertiary alicyclic amines) is 1. The number of piperidine rings is 1. The van der Waals surface area contributed by atoms with E-state index in [0.717, 1.165) is 30.2 Å². The molecule has 2 amide bonds. The number of benzene rings is 1. The van der Waals surface area contributed by atoms with Crippen LogP contribution < -0.4 is 5.32 Å². The Morgan fingerprint density at radius 2 is 1.88 bits per heavy atom. The molecule has 1 aromatic carbocycles. The van der Waals surface area contributed by atoms with Crippen molar-refractivity contribution in [2.75, 3.05) is 18.4 Å². The van der Waals surface area contributed by atoms with Crippen LogP contribution in [0.2, 0.25) is 5.02 Å². The van der Waals surface area contributed by atoms with E-state index in [1.807, 2.05) is 11.1 Å². The molecule has 0 bridgehead atoms. The summed E-state index contributed by atoms with van der Waals surface area (Å²) >= 11 is 5.86. The lowest BCUT2D eigenvalue weighted by Crippen LogP contribution is -2.40. The van der Waals surface area contributed by atoms with Crippen LogP contribution in [0.5, 0.6) is 0 Å². The molecule has 25 heavy (non-hydrogen) atoms. The van der Waals surface area contributed by atoms with Gasteiger partial charge in [0.1, 0.15) is 5.76 Å². The number of hydrogen-bond acceptors (Lipinski definition) is 3. The molecule has 0 saturated carbocycles. The van der Waals surface area contributed by atoms with Crippen molar-refractivity contribution in [3.63, 3.8) is 0 Å². The third-order valence-corrected chi connectivity index (χ3v) is 4.74. The Bertz CT molecular complexity index is 726. The van der Waals surface area contributed by atoms with Gasteiger partial charge in [0.05, 0.1) is 6.20 Å². The first kappa shape index (κ1) is 17.8. The molecule has 5 nitrogen and oxygen atoms in total. The minimum absolute atomic E-state index is 0.0373. The lowest BCUT2D eigenvalue weighted by Gasteiger charge is -2.30. The molecule has 1 N–H and O–H groups in total. The number of aromatic nitrogens is 1. The molecule has 0 unspecified atom stereocenters. The van der Waals surface area contributed by atoms with Crippen LogP contribution in [0.15, 0.2) is 34.9 Å². The van der Waals surface area contributed by atoms with Gasteiger partial charge in [-0.1, -0.05) is 32.4 Å². The zero-order valence-electron chi connectivity index (χ0n) is 14.9. The summed E-state index contributed by atoms with van der Waals surface area (Å²) in [6.45, 7) is 7.72. The Balaban J connectivity index is 1.55. The van der Waals surface area contributed by atoms with Gasteiger partial charge in [-0.15, -0.1) is 0 Å². The standard InChI is InChI=1S/C19H24ClN3O2/c1-19(2,3)16-12-21-17(25-16)13-8-10-23(11-9-13)18(24)22-15-6-4-14(20)5-7-15/h4-7,12-13H,8-11H2,1-3H3,(H,22,24). The van der Waals surface area contributed by atoms with Gasteiger partial charge >= 0.3 is 6.03 Å². The van der Waals surface area contributed by atoms with Gasteiger partial charge in [-0.05, 0) is 37.1 Å². The molecule has 0 spiro atoms. The molecule has 3 rings (SSSR count). The molecule has 1 fully saturated rings. The highest BCUT2D eigenvalue weighted by atomic mass is 35.5. The summed E-state index contributed by atoms with van der Waals surface area (Å²) in [7, 11) is 0. The second-order valence-electron chi connectivity index (χ2n) is 7.51. The zero-order chi connectivity index (χ0) is 18.0. The maximum absolute atomic E-state index is 12.4. The first-order valence-electron chi connectivity index (χ1n) is 8.60. The SMILES string of the molecule is CC(C)(C)c1cnc(C2CCN(C(=O)Nc3ccc(Cl)cc3)CC2)o1. The van der Waals surface area contributed by atoms with E-state index in [9.17, 15) is 4.79 Å². The number of rotatable bonds is 2. The number of nitrogens with zero attached hydrogens (tertiary/aromatic N) is 2. The maximum Gasteiger partial charge on any atom is 0.321 e. The van der Waals surface area contributed by atoms with Crippen molar-refractivity contribution in [3.05, 3.63) is 47.1 Å². The molecule has 2 heterocycles. The molecule has 0 aliphatic carbocycles. The highest BCUT2D eigenvalue weighted by molar-refractivity contribution is 6.30. The fourth-order valence-corrected chi connectivity index (χ4v) is 3.01. The highest BCUT2D eigenvalue weighted by Crippen LogP contribution is 2.31. The van der Waals surface area contributed by atoms with Gasteiger partial charge in [-0.25, -0.2) is 9.78 Å². The Kier molecular flexibility index (Phi) is 5.04. The van der Waals surface area contributed by atoms with E-state index in [0.29, 0.717) is 18.1 Å². The fourth-order valence-electron chi connectivity index (χ4n) is 2.89. The summed E-state index contributed by atoms with van der Waals surface area (Å²) in [5.41, 5.74) is 0.712. The normalized spacial score (nSPS) is 16.1. The summed E-state index contributed by atoms with van der Waals surface area (Å²) in [6, 6.07) is 7.04. The summed E-state index contributed by atoms with van der Waals surface area (Å²) in [5, 5.41) is 3.56. The molecule has 1 saturated heterocycles. The molecular weight excluding hydrogens is 338 g/mol. The molecule has 6 heteroatoms. The van der Waals surface area contributed by atoms with Crippen LogP contribution in [0.1, 0.15) is 51.2 Å². The summed E-state index contributed by atoms with van der Waals surface area (Å²) in [6.07, 6.45) is 3.55. The first-order chi connectivity index (χ1) is 11.8. The van der Waals surface area contributed by atoms with Crippen LogP contribution in [-0.4, -0.2) is 29.0 Å². The third-order valence-electron chi connectivity index (χ3n) is 4.49. The van der Waals surface area contributed by atoms with Crippen molar-refractivity contribution in [1.29, 1.82) is 0 Å². The number of urea groups is 1. The number of carbonyl (C=O) groups is 1. The highest BCUT2D eigenvalue weighted by Gasteiger charge is 2.28. The molecule has 0 radical (unpaired) electrons. The van der Waals surface area contributed by atoms with E-state index >= 15 is 0 Å². The van der Waals surface area contributed by atoms with E-state index in [4.69, 9.17) is 16.0 Å². The third kappa shape index (κ3) is 4.34. The molecule has 1 aliphatic rings. The van der Waals surface area contributed by atoms with Crippen LogP contribution in [0.4, 0.5) is 10.5 Å². The monoisotopic (exact) mass is 361 g/mol. The first-order valence-corrected chi connectivity index (χ1v) is 8.98. The smallest absolute Gasteiger partial charge is 0.321 e. The second kappa shape index (κ2) is 7.08. The van der Waals surface area contributed by atoms with E-state index in [1.54, 1.807) is 24.3 Å². The predicted octanol–water partition coefficient (Wildman–Crippen LogP) is 5.04. The summed E-state index contributed by atoms with van der Waals surface area (Å²) in [5.74, 6) is 1.98. The number of amides is 2. The lowest BCUT2D eigenvalue weighted by atomic mass is 9.94. The van der Waals surface area contributed by atoms with Gasteiger partial charge in [0, 0.05) is 35.1 Å². The number of halogens is 1. The largest absolute Gasteiger partial charge is 0.445 e. The van der Waals surface area contributed by atoms with Gasteiger partial charge in [0.15, 0.2) is 5.89 Å². The summed E-state index contributed by atoms with van der Waals surface area (Å²) < 4.78 is 5.95. The van der Waals surface area contributed by atoms with Crippen molar-refractivity contribution in [2.45, 2.75) is 44.9 Å². The fraction of sp³-hybridized carbons (Fsp3) is 0.474. The van der Waals surface area contributed by atoms with Crippen LogP contribution in [0.3, 0.4) is 0 Å². The maximum atomic E-state index is 12.4. The van der Waals surface area contributed by atoms with E-state index in [2.05, 4.69) is 31.1 Å². The number of carbonyl (C=O) groups excluding carboxylic acids is 1. The Labute approximate surface area is 153 Å². The molecule has 0 atom stereocenters. The van der Waals surface area contributed by atoms with Crippen molar-refractivity contribution in [2.24, 2.45) is 0 Å². The minimum Gasteiger partial charge on any atom is -0.445 e. The van der Waals surface area contributed by atoms with E-state index in [-0.39, 0.29) is 17.4 Å². The minimum atomic E-state index is -0.0800. The Morgan fingerprint density at radius 3 is 2.44 bits per heavy atom. The van der Waals surface area contributed by atoms with Gasteiger partial charge in [-0.2, -0.15) is 0 Å². The molecule has 1 aliphatic heterocycles. The Hall–Kier alpha value is -2.01. The zero-order valence-corrected chi connectivity index (χ0v) is 15.6. The number of anilines is 1. The van der Waals surface area contributed by atoms with Crippen molar-refractivity contribution in [3.8, 4) is 0 Å². The van der Waals surface area contributed by atoms with Crippen LogP contribution in [0, 0.1) is 0 Å². The second-order valence-corrected chi connectivity index (χ2v) is 7.95. The average molecular weight is 362 g/mol. The topological polar surface area (TPSA) is 58.4 Å². The van der Waals surface area contributed by atoms with Gasteiger partial charge < -0.3 is 14.6 Å². The molecular formula is C19H24ClN3O2. The van der Waals surface area contributed by atoms with Gasteiger partial charge in [0.25, 0.3) is 0 Å². The predicted molar refractivity (Wildman–Crippen MR) is 99.2 cm³/mol. The van der Waals surface area contributed by atoms with Crippen molar-refractivity contribution < 1.29 is 9.21 Å². The lowest BCUT2D eigenvalue weighted by molar-refractivity contribution is 0.189. The number of hydrogen-bond donors (Lipinski definition) is 1. The summed E-state index contributed by atoms with van der Waals surface area (Å²) in [4.78, 5) is 18.7. The number of oxazole rings is 1. The average Bonchev–Trinajstić information content (AvgIpc) is 3.07.